The number of fused-ring (bicyclic) bond motifs is 3. The van der Waals surface area contributed by atoms with Crippen LogP contribution in [-0.4, -0.2) is 9.55 Å². The molecule has 0 saturated heterocycles. The smallest absolute Gasteiger partial charge is 0.263 e. The summed E-state index contributed by atoms with van der Waals surface area (Å²) in [5, 5.41) is 4.17. The minimum atomic E-state index is 0.0751. The van der Waals surface area contributed by atoms with Crippen molar-refractivity contribution in [1.82, 2.24) is 9.55 Å². The van der Waals surface area contributed by atoms with Gasteiger partial charge in [-0.2, -0.15) is 0 Å². The zero-order valence-electron chi connectivity index (χ0n) is 14.1. The van der Waals surface area contributed by atoms with E-state index in [1.807, 2.05) is 0 Å². The molecule has 0 amide bonds. The first kappa shape index (κ1) is 15.4. The largest absolute Gasteiger partial charge is 0.351 e. The van der Waals surface area contributed by atoms with Gasteiger partial charge in [-0.15, -0.1) is 11.3 Å². The average molecular weight is 339 g/mol. The van der Waals surface area contributed by atoms with Gasteiger partial charge in [-0.05, 0) is 43.7 Å². The Kier molecular flexibility index (Phi) is 3.88. The molecule has 0 fully saturated rings. The quantitative estimate of drug-likeness (QED) is 0.790. The Morgan fingerprint density at radius 2 is 2.12 bits per heavy atom. The maximum atomic E-state index is 12.8. The van der Waals surface area contributed by atoms with Crippen molar-refractivity contribution >= 4 is 27.5 Å². The minimum Gasteiger partial charge on any atom is -0.351 e. The number of benzene rings is 1. The first-order valence-electron chi connectivity index (χ1n) is 8.44. The maximum absolute atomic E-state index is 12.8. The Morgan fingerprint density at radius 3 is 2.96 bits per heavy atom. The summed E-state index contributed by atoms with van der Waals surface area (Å²) in [6.45, 7) is 2.75. The number of hydrogen-bond donors (Lipinski definition) is 1. The van der Waals surface area contributed by atoms with Crippen molar-refractivity contribution in [2.24, 2.45) is 7.05 Å². The summed E-state index contributed by atoms with van der Waals surface area (Å²) in [6, 6.07) is 8.36. The molecular formula is C19H21N3OS. The van der Waals surface area contributed by atoms with Crippen LogP contribution in [0.4, 0.5) is 5.95 Å². The highest BCUT2D eigenvalue weighted by Crippen LogP contribution is 2.34. The summed E-state index contributed by atoms with van der Waals surface area (Å²) >= 11 is 1.70. The molecule has 2 heterocycles. The highest BCUT2D eigenvalue weighted by Gasteiger charge is 2.21. The molecule has 0 aliphatic heterocycles. The highest BCUT2D eigenvalue weighted by molar-refractivity contribution is 7.18. The molecule has 1 aliphatic rings. The average Bonchev–Trinajstić information content (AvgIpc) is 2.95. The van der Waals surface area contributed by atoms with Gasteiger partial charge in [0.05, 0.1) is 5.39 Å². The summed E-state index contributed by atoms with van der Waals surface area (Å²) < 4.78 is 1.65. The van der Waals surface area contributed by atoms with E-state index in [9.17, 15) is 4.79 Å². The fraction of sp³-hybridized carbons (Fsp3) is 0.368. The predicted molar refractivity (Wildman–Crippen MR) is 100 cm³/mol. The number of thiophene rings is 1. The second-order valence-corrected chi connectivity index (χ2v) is 7.62. The number of anilines is 1. The lowest BCUT2D eigenvalue weighted by Gasteiger charge is -2.12. The molecule has 5 heteroatoms. The predicted octanol–water partition coefficient (Wildman–Crippen LogP) is 3.79. The first-order chi connectivity index (χ1) is 11.6. The molecule has 4 rings (SSSR count). The van der Waals surface area contributed by atoms with Gasteiger partial charge in [0.2, 0.25) is 5.95 Å². The van der Waals surface area contributed by atoms with Gasteiger partial charge < -0.3 is 5.32 Å². The number of nitrogens with one attached hydrogen (secondary N) is 1. The molecule has 0 bridgehead atoms. The van der Waals surface area contributed by atoms with E-state index in [1.165, 1.54) is 34.4 Å². The van der Waals surface area contributed by atoms with Crippen molar-refractivity contribution < 1.29 is 0 Å². The van der Waals surface area contributed by atoms with Gasteiger partial charge >= 0.3 is 0 Å². The highest BCUT2D eigenvalue weighted by atomic mass is 32.1. The van der Waals surface area contributed by atoms with Crippen molar-refractivity contribution in [2.45, 2.75) is 39.2 Å². The third-order valence-electron chi connectivity index (χ3n) is 4.73. The maximum Gasteiger partial charge on any atom is 0.263 e. The van der Waals surface area contributed by atoms with Crippen LogP contribution in [0.5, 0.6) is 0 Å². The molecule has 124 valence electrons. The van der Waals surface area contributed by atoms with Crippen LogP contribution in [-0.2, 0) is 26.4 Å². The fourth-order valence-electron chi connectivity index (χ4n) is 3.45. The Bertz CT molecular complexity index is 971. The Balaban J connectivity index is 1.71. The van der Waals surface area contributed by atoms with Crippen molar-refractivity contribution in [2.75, 3.05) is 5.32 Å². The zero-order chi connectivity index (χ0) is 16.7. The normalized spacial score (nSPS) is 13.9. The van der Waals surface area contributed by atoms with E-state index in [2.05, 4.69) is 36.5 Å². The van der Waals surface area contributed by atoms with Crippen LogP contribution >= 0.6 is 11.3 Å². The Labute approximate surface area is 145 Å². The molecule has 0 spiro atoms. The second kappa shape index (κ2) is 6.06. The van der Waals surface area contributed by atoms with Crippen LogP contribution in [0, 0.1) is 6.92 Å². The van der Waals surface area contributed by atoms with Crippen molar-refractivity contribution in [3.8, 4) is 0 Å². The summed E-state index contributed by atoms with van der Waals surface area (Å²) in [4.78, 5) is 19.8. The topological polar surface area (TPSA) is 46.9 Å². The number of aryl methyl sites for hydroxylation is 3. The van der Waals surface area contributed by atoms with Crippen molar-refractivity contribution in [3.05, 3.63) is 56.2 Å². The zero-order valence-corrected chi connectivity index (χ0v) is 14.9. The molecule has 24 heavy (non-hydrogen) atoms. The second-order valence-electron chi connectivity index (χ2n) is 6.53. The molecule has 0 radical (unpaired) electrons. The van der Waals surface area contributed by atoms with Crippen molar-refractivity contribution in [1.29, 1.82) is 0 Å². The van der Waals surface area contributed by atoms with Gasteiger partial charge in [0.15, 0.2) is 0 Å². The monoisotopic (exact) mass is 339 g/mol. The number of rotatable bonds is 3. The first-order valence-corrected chi connectivity index (χ1v) is 9.26. The molecule has 1 aliphatic carbocycles. The summed E-state index contributed by atoms with van der Waals surface area (Å²) in [5.74, 6) is 0.646. The molecule has 0 atom stereocenters. The van der Waals surface area contributed by atoms with Crippen LogP contribution in [0.25, 0.3) is 10.2 Å². The lowest BCUT2D eigenvalue weighted by molar-refractivity contribution is 0.699. The van der Waals surface area contributed by atoms with Gasteiger partial charge in [-0.1, -0.05) is 29.8 Å². The minimum absolute atomic E-state index is 0.0751. The summed E-state index contributed by atoms with van der Waals surface area (Å²) in [5.41, 5.74) is 3.75. The van der Waals surface area contributed by atoms with Crippen LogP contribution in [0.1, 0.15) is 34.4 Å². The fourth-order valence-corrected chi connectivity index (χ4v) is 4.70. The number of nitrogens with zero attached hydrogens (tertiary/aromatic N) is 2. The van der Waals surface area contributed by atoms with E-state index in [0.29, 0.717) is 12.5 Å². The van der Waals surface area contributed by atoms with E-state index < -0.39 is 0 Å². The Hall–Kier alpha value is -2.14. The van der Waals surface area contributed by atoms with Gasteiger partial charge in [0.1, 0.15) is 4.83 Å². The molecule has 1 aromatic carbocycles. The van der Waals surface area contributed by atoms with E-state index in [1.54, 1.807) is 23.0 Å². The molecular weight excluding hydrogens is 318 g/mol. The molecule has 1 N–H and O–H groups in total. The Morgan fingerprint density at radius 1 is 1.29 bits per heavy atom. The van der Waals surface area contributed by atoms with Crippen LogP contribution in [0.2, 0.25) is 0 Å². The third-order valence-corrected chi connectivity index (χ3v) is 5.92. The third kappa shape index (κ3) is 2.63. The van der Waals surface area contributed by atoms with Gasteiger partial charge in [-0.3, -0.25) is 9.36 Å². The van der Waals surface area contributed by atoms with Crippen LogP contribution in [0.3, 0.4) is 0 Å². The van der Waals surface area contributed by atoms with Crippen LogP contribution < -0.4 is 10.9 Å². The van der Waals surface area contributed by atoms with Gasteiger partial charge in [-0.25, -0.2) is 4.98 Å². The molecule has 3 aromatic rings. The number of hydrogen-bond acceptors (Lipinski definition) is 4. The SMILES string of the molecule is Cc1cccc(CNc2nc3sc4c(c3c(=O)n2C)CCCC4)c1. The lowest BCUT2D eigenvalue weighted by Crippen LogP contribution is -2.22. The lowest BCUT2D eigenvalue weighted by atomic mass is 9.97. The number of aromatic nitrogens is 2. The summed E-state index contributed by atoms with van der Waals surface area (Å²) in [7, 11) is 1.81. The molecule has 4 nitrogen and oxygen atoms in total. The van der Waals surface area contributed by atoms with Gasteiger partial charge in [0, 0.05) is 18.5 Å². The van der Waals surface area contributed by atoms with E-state index in [4.69, 9.17) is 4.98 Å². The van der Waals surface area contributed by atoms with Crippen molar-refractivity contribution in [3.63, 3.8) is 0 Å². The summed E-state index contributed by atoms with van der Waals surface area (Å²) in [6.07, 6.45) is 4.50. The molecule has 2 aromatic heterocycles. The molecule has 0 unspecified atom stereocenters. The molecule has 0 saturated carbocycles. The van der Waals surface area contributed by atoms with E-state index in [-0.39, 0.29) is 5.56 Å². The van der Waals surface area contributed by atoms with E-state index in [0.717, 1.165) is 23.1 Å². The standard InChI is InChI=1S/C19H21N3OS/c1-12-6-5-7-13(10-12)11-20-19-21-17-16(18(23)22(19)2)14-8-3-4-9-15(14)24-17/h5-7,10H,3-4,8-9,11H2,1-2H3,(H,20,21). The van der Waals surface area contributed by atoms with Gasteiger partial charge in [0.25, 0.3) is 5.56 Å². The van der Waals surface area contributed by atoms with Crippen LogP contribution in [0.15, 0.2) is 29.1 Å². The van der Waals surface area contributed by atoms with E-state index >= 15 is 0 Å².